The predicted molar refractivity (Wildman–Crippen MR) is 128 cm³/mol. The standard InChI is InChI=1S/C25H24FN5S/c1-16(2)15-32-25-30-23(17-7-9-19(26)10-8-17)21(13-27)24(31-25)28-12-11-18-14-29-22-6-4-3-5-20(18)22/h3-10,14,16,29H,11-12,15H2,1-2H3,(H,28,30,31). The van der Waals surface area contributed by atoms with Crippen LogP contribution in [-0.2, 0) is 6.42 Å². The minimum atomic E-state index is -0.326. The van der Waals surface area contributed by atoms with Gasteiger partial charge in [0.2, 0.25) is 0 Å². The summed E-state index contributed by atoms with van der Waals surface area (Å²) in [5, 5.41) is 15.0. The SMILES string of the molecule is CC(C)CSc1nc(NCCc2c[nH]c3ccccc23)c(C#N)c(-c2ccc(F)cc2)n1. The Morgan fingerprint density at radius 2 is 1.91 bits per heavy atom. The van der Waals surface area contributed by atoms with Crippen LogP contribution in [0.15, 0.2) is 59.9 Å². The van der Waals surface area contributed by atoms with Crippen LogP contribution < -0.4 is 5.32 Å². The largest absolute Gasteiger partial charge is 0.368 e. The number of nitrogens with zero attached hydrogens (tertiary/aromatic N) is 3. The van der Waals surface area contributed by atoms with Gasteiger partial charge in [0.1, 0.15) is 23.3 Å². The smallest absolute Gasteiger partial charge is 0.190 e. The van der Waals surface area contributed by atoms with Crippen LogP contribution in [0.5, 0.6) is 0 Å². The zero-order valence-corrected chi connectivity index (χ0v) is 18.8. The van der Waals surface area contributed by atoms with Gasteiger partial charge in [0.25, 0.3) is 0 Å². The van der Waals surface area contributed by atoms with E-state index in [1.807, 2.05) is 18.3 Å². The van der Waals surface area contributed by atoms with Gasteiger partial charge in [-0.1, -0.05) is 43.8 Å². The summed E-state index contributed by atoms with van der Waals surface area (Å²) in [6.07, 6.45) is 2.80. The van der Waals surface area contributed by atoms with Crippen molar-refractivity contribution in [3.8, 4) is 17.3 Å². The van der Waals surface area contributed by atoms with E-state index >= 15 is 0 Å². The van der Waals surface area contributed by atoms with Gasteiger partial charge in [-0.25, -0.2) is 14.4 Å². The molecule has 2 N–H and O–H groups in total. The van der Waals surface area contributed by atoms with Gasteiger partial charge in [-0.05, 0) is 48.2 Å². The third-order valence-electron chi connectivity index (χ3n) is 5.03. The van der Waals surface area contributed by atoms with Gasteiger partial charge < -0.3 is 10.3 Å². The van der Waals surface area contributed by atoms with E-state index in [2.05, 4.69) is 52.3 Å². The quantitative estimate of drug-likeness (QED) is 0.255. The van der Waals surface area contributed by atoms with Gasteiger partial charge in [0, 0.05) is 35.0 Å². The third kappa shape index (κ3) is 4.92. The molecule has 0 saturated carbocycles. The molecule has 0 fully saturated rings. The van der Waals surface area contributed by atoms with Gasteiger partial charge in [-0.2, -0.15) is 5.26 Å². The molecule has 32 heavy (non-hydrogen) atoms. The molecule has 2 heterocycles. The summed E-state index contributed by atoms with van der Waals surface area (Å²) < 4.78 is 13.4. The van der Waals surface area contributed by atoms with Crippen molar-refractivity contribution in [1.29, 1.82) is 5.26 Å². The highest BCUT2D eigenvalue weighted by atomic mass is 32.2. The molecular formula is C25H24FN5S. The van der Waals surface area contributed by atoms with Crippen LogP contribution in [0.3, 0.4) is 0 Å². The maximum Gasteiger partial charge on any atom is 0.190 e. The molecule has 0 aliphatic rings. The number of para-hydroxylation sites is 1. The molecule has 5 nitrogen and oxygen atoms in total. The van der Waals surface area contributed by atoms with E-state index in [1.54, 1.807) is 23.9 Å². The highest BCUT2D eigenvalue weighted by molar-refractivity contribution is 7.99. The number of nitriles is 1. The van der Waals surface area contributed by atoms with Crippen molar-refractivity contribution in [2.45, 2.75) is 25.4 Å². The molecule has 7 heteroatoms. The Kier molecular flexibility index (Phi) is 6.72. The number of nitrogens with one attached hydrogen (secondary N) is 2. The fourth-order valence-electron chi connectivity index (χ4n) is 3.45. The molecular weight excluding hydrogens is 421 g/mol. The Balaban J connectivity index is 1.63. The van der Waals surface area contributed by atoms with E-state index in [0.717, 1.165) is 17.7 Å². The molecule has 2 aromatic heterocycles. The Morgan fingerprint density at radius 1 is 1.12 bits per heavy atom. The fraction of sp³-hybridized carbons (Fsp3) is 0.240. The van der Waals surface area contributed by atoms with Crippen molar-refractivity contribution in [3.05, 3.63) is 71.7 Å². The van der Waals surface area contributed by atoms with Gasteiger partial charge in [-0.15, -0.1) is 0 Å². The lowest BCUT2D eigenvalue weighted by atomic mass is 10.1. The monoisotopic (exact) mass is 445 g/mol. The van der Waals surface area contributed by atoms with Crippen LogP contribution in [0.25, 0.3) is 22.2 Å². The van der Waals surface area contributed by atoms with Gasteiger partial charge >= 0.3 is 0 Å². The Hall–Kier alpha value is -3.37. The molecule has 4 rings (SSSR count). The molecule has 0 bridgehead atoms. The van der Waals surface area contributed by atoms with Crippen LogP contribution in [0.1, 0.15) is 25.0 Å². The first kappa shape index (κ1) is 21.8. The number of aromatic amines is 1. The molecule has 4 aromatic rings. The molecule has 0 spiro atoms. The molecule has 0 atom stereocenters. The maximum absolute atomic E-state index is 13.4. The predicted octanol–water partition coefficient (Wildman–Crippen LogP) is 6.04. The summed E-state index contributed by atoms with van der Waals surface area (Å²) in [6, 6.07) is 16.5. The van der Waals surface area contributed by atoms with Gasteiger partial charge in [0.05, 0.1) is 5.69 Å². The molecule has 0 saturated heterocycles. The van der Waals surface area contributed by atoms with E-state index in [0.29, 0.717) is 40.3 Å². The molecule has 0 unspecified atom stereocenters. The third-order valence-corrected chi connectivity index (χ3v) is 6.30. The van der Waals surface area contributed by atoms with Crippen LogP contribution in [0.2, 0.25) is 0 Å². The Labute approximate surface area is 191 Å². The van der Waals surface area contributed by atoms with Crippen LogP contribution >= 0.6 is 11.8 Å². The molecule has 2 aromatic carbocycles. The fourth-order valence-corrected chi connectivity index (χ4v) is 4.24. The summed E-state index contributed by atoms with van der Waals surface area (Å²) >= 11 is 1.56. The summed E-state index contributed by atoms with van der Waals surface area (Å²) in [5.41, 5.74) is 3.88. The lowest BCUT2D eigenvalue weighted by Crippen LogP contribution is -2.10. The van der Waals surface area contributed by atoms with Crippen molar-refractivity contribution >= 4 is 28.5 Å². The second kappa shape index (κ2) is 9.84. The summed E-state index contributed by atoms with van der Waals surface area (Å²) in [4.78, 5) is 12.6. The van der Waals surface area contributed by atoms with E-state index in [-0.39, 0.29) is 5.82 Å². The first-order valence-corrected chi connectivity index (χ1v) is 11.5. The van der Waals surface area contributed by atoms with Crippen molar-refractivity contribution in [2.24, 2.45) is 5.92 Å². The number of fused-ring (bicyclic) bond motifs is 1. The van der Waals surface area contributed by atoms with Crippen molar-refractivity contribution in [1.82, 2.24) is 15.0 Å². The number of halogens is 1. The van der Waals surface area contributed by atoms with E-state index < -0.39 is 0 Å². The number of anilines is 1. The number of H-pyrrole nitrogens is 1. The molecule has 0 aliphatic heterocycles. The van der Waals surface area contributed by atoms with E-state index in [1.165, 1.54) is 23.1 Å². The first-order chi connectivity index (χ1) is 15.5. The summed E-state index contributed by atoms with van der Waals surface area (Å²) in [6.45, 7) is 4.89. The second-order valence-corrected chi connectivity index (χ2v) is 8.93. The second-order valence-electron chi connectivity index (χ2n) is 7.94. The minimum Gasteiger partial charge on any atom is -0.368 e. The van der Waals surface area contributed by atoms with Crippen molar-refractivity contribution in [3.63, 3.8) is 0 Å². The average molecular weight is 446 g/mol. The van der Waals surface area contributed by atoms with Crippen molar-refractivity contribution < 1.29 is 4.39 Å². The lowest BCUT2D eigenvalue weighted by molar-refractivity contribution is 0.628. The Bertz CT molecular complexity index is 1260. The zero-order chi connectivity index (χ0) is 22.5. The summed E-state index contributed by atoms with van der Waals surface area (Å²) in [7, 11) is 0. The number of rotatable bonds is 8. The lowest BCUT2D eigenvalue weighted by Gasteiger charge is -2.13. The number of aromatic nitrogens is 3. The maximum atomic E-state index is 13.4. The number of hydrogen-bond donors (Lipinski definition) is 2. The van der Waals surface area contributed by atoms with E-state index in [4.69, 9.17) is 0 Å². The van der Waals surface area contributed by atoms with Crippen LogP contribution in [0.4, 0.5) is 10.2 Å². The zero-order valence-electron chi connectivity index (χ0n) is 18.0. The Morgan fingerprint density at radius 3 is 2.66 bits per heavy atom. The highest BCUT2D eigenvalue weighted by Crippen LogP contribution is 2.30. The molecule has 0 aliphatic carbocycles. The molecule has 0 amide bonds. The van der Waals surface area contributed by atoms with Gasteiger partial charge in [-0.3, -0.25) is 0 Å². The number of benzene rings is 2. The minimum absolute atomic E-state index is 0.326. The topological polar surface area (TPSA) is 77.4 Å². The first-order valence-electron chi connectivity index (χ1n) is 10.5. The average Bonchev–Trinajstić information content (AvgIpc) is 3.21. The van der Waals surface area contributed by atoms with Gasteiger partial charge in [0.15, 0.2) is 5.16 Å². The number of thioether (sulfide) groups is 1. The van der Waals surface area contributed by atoms with Crippen LogP contribution in [0, 0.1) is 23.1 Å². The highest BCUT2D eigenvalue weighted by Gasteiger charge is 2.17. The molecule has 0 radical (unpaired) electrons. The normalized spacial score (nSPS) is 11.1. The van der Waals surface area contributed by atoms with Crippen LogP contribution in [-0.4, -0.2) is 27.2 Å². The summed E-state index contributed by atoms with van der Waals surface area (Å²) in [5.74, 6) is 1.52. The number of hydrogen-bond acceptors (Lipinski definition) is 5. The van der Waals surface area contributed by atoms with Crippen molar-refractivity contribution in [2.75, 3.05) is 17.6 Å². The molecule has 162 valence electrons. The van der Waals surface area contributed by atoms with E-state index in [9.17, 15) is 9.65 Å².